The van der Waals surface area contributed by atoms with Gasteiger partial charge >= 0.3 is 0 Å². The molecular weight excluding hydrogens is 290 g/mol. The van der Waals surface area contributed by atoms with E-state index in [1.54, 1.807) is 14.2 Å². The topological polar surface area (TPSA) is 54.9 Å². The number of nitrogens with one attached hydrogen (secondary N) is 2. The molecule has 0 bridgehead atoms. The van der Waals surface area contributed by atoms with Gasteiger partial charge in [0.05, 0.1) is 12.7 Å². The van der Waals surface area contributed by atoms with Crippen molar-refractivity contribution >= 4 is 5.96 Å². The van der Waals surface area contributed by atoms with E-state index in [9.17, 15) is 0 Å². The molecule has 0 spiro atoms. The van der Waals surface area contributed by atoms with Gasteiger partial charge in [0.15, 0.2) is 5.96 Å². The van der Waals surface area contributed by atoms with Crippen LogP contribution in [0.15, 0.2) is 29.3 Å². The number of rotatable bonds is 7. The molecule has 0 aliphatic rings. The van der Waals surface area contributed by atoms with Crippen LogP contribution in [0, 0.1) is 5.41 Å². The van der Waals surface area contributed by atoms with E-state index in [4.69, 9.17) is 9.47 Å². The van der Waals surface area contributed by atoms with E-state index in [2.05, 4.69) is 42.5 Å². The maximum atomic E-state index is 5.55. The lowest BCUT2D eigenvalue weighted by Gasteiger charge is -2.30. The smallest absolute Gasteiger partial charge is 0.191 e. The zero-order valence-corrected chi connectivity index (χ0v) is 15.3. The summed E-state index contributed by atoms with van der Waals surface area (Å²) in [5, 5.41) is 6.63. The van der Waals surface area contributed by atoms with Crippen molar-refractivity contribution in [1.82, 2.24) is 10.6 Å². The largest absolute Gasteiger partial charge is 0.494 e. The van der Waals surface area contributed by atoms with Crippen molar-refractivity contribution in [2.75, 3.05) is 27.3 Å². The van der Waals surface area contributed by atoms with E-state index in [1.807, 2.05) is 25.1 Å². The fraction of sp³-hybridized carbons (Fsp3) is 0.611. The zero-order chi connectivity index (χ0) is 17.3. The number of aliphatic imine (C=N–C) groups is 1. The Morgan fingerprint density at radius 1 is 1.26 bits per heavy atom. The molecule has 1 rings (SSSR count). The van der Waals surface area contributed by atoms with Crippen molar-refractivity contribution in [1.29, 1.82) is 0 Å². The van der Waals surface area contributed by atoms with Gasteiger partial charge in [-0.15, -0.1) is 0 Å². The Hall–Kier alpha value is -1.75. The highest BCUT2D eigenvalue weighted by atomic mass is 16.5. The average Bonchev–Trinajstić information content (AvgIpc) is 2.50. The second-order valence-electron chi connectivity index (χ2n) is 6.48. The van der Waals surface area contributed by atoms with E-state index in [0.717, 1.165) is 17.3 Å². The zero-order valence-electron chi connectivity index (χ0n) is 15.3. The normalized spacial score (nSPS) is 13.6. The molecule has 1 aromatic carbocycles. The summed E-state index contributed by atoms with van der Waals surface area (Å²) in [6.45, 7) is 10.5. The molecule has 130 valence electrons. The Balaban J connectivity index is 2.53. The van der Waals surface area contributed by atoms with Crippen molar-refractivity contribution in [3.8, 4) is 5.75 Å². The van der Waals surface area contributed by atoms with Gasteiger partial charge in [-0.05, 0) is 30.0 Å². The summed E-state index contributed by atoms with van der Waals surface area (Å²) in [4.78, 5) is 4.26. The quantitative estimate of drug-likeness (QED) is 0.599. The van der Waals surface area contributed by atoms with Gasteiger partial charge in [-0.3, -0.25) is 4.99 Å². The lowest BCUT2D eigenvalue weighted by molar-refractivity contribution is 0.0205. The minimum absolute atomic E-state index is 0.0758. The molecular formula is C18H31N3O2. The van der Waals surface area contributed by atoms with Gasteiger partial charge in [-0.2, -0.15) is 0 Å². The molecule has 0 aliphatic carbocycles. The number of benzene rings is 1. The van der Waals surface area contributed by atoms with Crippen LogP contribution >= 0.6 is 0 Å². The van der Waals surface area contributed by atoms with Gasteiger partial charge in [0.1, 0.15) is 5.75 Å². The third-order valence-electron chi connectivity index (χ3n) is 3.60. The minimum Gasteiger partial charge on any atom is -0.494 e. The first-order valence-corrected chi connectivity index (χ1v) is 8.09. The highest BCUT2D eigenvalue weighted by Crippen LogP contribution is 2.20. The van der Waals surface area contributed by atoms with Crippen LogP contribution in [-0.4, -0.2) is 39.4 Å². The van der Waals surface area contributed by atoms with Crippen LogP contribution in [0.3, 0.4) is 0 Å². The molecule has 1 unspecified atom stereocenters. The van der Waals surface area contributed by atoms with E-state index >= 15 is 0 Å². The molecule has 5 nitrogen and oxygen atoms in total. The first-order valence-electron chi connectivity index (χ1n) is 8.09. The molecule has 1 aromatic rings. The first kappa shape index (κ1) is 19.3. The Morgan fingerprint density at radius 3 is 2.57 bits per heavy atom. The Labute approximate surface area is 140 Å². The van der Waals surface area contributed by atoms with Gasteiger partial charge in [-0.25, -0.2) is 0 Å². The SMILES string of the molecule is CCOc1cccc(CNC(=NC)NCC(OC)C(C)(C)C)c1. The Morgan fingerprint density at radius 2 is 2.00 bits per heavy atom. The van der Waals surface area contributed by atoms with Crippen molar-refractivity contribution in [2.24, 2.45) is 10.4 Å². The molecule has 0 aromatic heterocycles. The predicted molar refractivity (Wildman–Crippen MR) is 96.1 cm³/mol. The fourth-order valence-corrected chi connectivity index (χ4v) is 2.25. The Bertz CT molecular complexity index is 495. The second-order valence-corrected chi connectivity index (χ2v) is 6.48. The van der Waals surface area contributed by atoms with Gasteiger partial charge < -0.3 is 20.1 Å². The maximum Gasteiger partial charge on any atom is 0.191 e. The number of guanidine groups is 1. The van der Waals surface area contributed by atoms with Gasteiger partial charge in [0, 0.05) is 27.2 Å². The molecule has 0 saturated heterocycles. The van der Waals surface area contributed by atoms with Crippen LogP contribution < -0.4 is 15.4 Å². The molecule has 0 heterocycles. The van der Waals surface area contributed by atoms with Gasteiger partial charge in [-0.1, -0.05) is 32.9 Å². The summed E-state index contributed by atoms with van der Waals surface area (Å²) in [6.07, 6.45) is 0.113. The van der Waals surface area contributed by atoms with Crippen LogP contribution in [0.1, 0.15) is 33.3 Å². The van der Waals surface area contributed by atoms with E-state index < -0.39 is 0 Å². The summed E-state index contributed by atoms with van der Waals surface area (Å²) in [5.41, 5.74) is 1.23. The highest BCUT2D eigenvalue weighted by Gasteiger charge is 2.24. The standard InChI is InChI=1S/C18H31N3O2/c1-7-23-15-10-8-9-14(11-15)12-20-17(19-5)21-13-16(22-6)18(2,3)4/h8-11,16H,7,12-13H2,1-6H3,(H2,19,20,21). The van der Waals surface area contributed by atoms with Crippen LogP contribution in [0.25, 0.3) is 0 Å². The lowest BCUT2D eigenvalue weighted by Crippen LogP contribution is -2.45. The molecule has 0 amide bonds. The number of nitrogens with zero attached hydrogens (tertiary/aromatic N) is 1. The molecule has 0 radical (unpaired) electrons. The van der Waals surface area contributed by atoms with Crippen molar-refractivity contribution < 1.29 is 9.47 Å². The molecule has 23 heavy (non-hydrogen) atoms. The molecule has 5 heteroatoms. The minimum atomic E-state index is 0.0758. The third kappa shape index (κ3) is 6.91. The summed E-state index contributed by atoms with van der Waals surface area (Å²) in [6, 6.07) is 8.07. The third-order valence-corrected chi connectivity index (χ3v) is 3.60. The number of ether oxygens (including phenoxy) is 2. The fourth-order valence-electron chi connectivity index (χ4n) is 2.25. The van der Waals surface area contributed by atoms with Crippen molar-refractivity contribution in [2.45, 2.75) is 40.3 Å². The van der Waals surface area contributed by atoms with E-state index in [-0.39, 0.29) is 11.5 Å². The molecule has 0 saturated carbocycles. The van der Waals surface area contributed by atoms with Crippen molar-refractivity contribution in [3.05, 3.63) is 29.8 Å². The highest BCUT2D eigenvalue weighted by molar-refractivity contribution is 5.79. The summed E-state index contributed by atoms with van der Waals surface area (Å²) >= 11 is 0. The molecule has 2 N–H and O–H groups in total. The first-order chi connectivity index (χ1) is 10.9. The average molecular weight is 321 g/mol. The summed E-state index contributed by atoms with van der Waals surface area (Å²) in [5.74, 6) is 1.65. The molecule has 0 fully saturated rings. The number of hydrogen-bond acceptors (Lipinski definition) is 3. The van der Waals surface area contributed by atoms with Crippen LogP contribution in [0.4, 0.5) is 0 Å². The van der Waals surface area contributed by atoms with E-state index in [0.29, 0.717) is 19.7 Å². The monoisotopic (exact) mass is 321 g/mol. The lowest BCUT2D eigenvalue weighted by atomic mass is 9.89. The van der Waals surface area contributed by atoms with Crippen LogP contribution in [-0.2, 0) is 11.3 Å². The van der Waals surface area contributed by atoms with Gasteiger partial charge in [0.25, 0.3) is 0 Å². The predicted octanol–water partition coefficient (Wildman–Crippen LogP) is 2.81. The second kappa shape index (κ2) is 9.40. The maximum absolute atomic E-state index is 5.55. The number of hydrogen-bond donors (Lipinski definition) is 2. The molecule has 1 atom stereocenters. The van der Waals surface area contributed by atoms with Gasteiger partial charge in [0.2, 0.25) is 0 Å². The summed E-state index contributed by atoms with van der Waals surface area (Å²) < 4.78 is 11.1. The molecule has 0 aliphatic heterocycles. The van der Waals surface area contributed by atoms with E-state index in [1.165, 1.54) is 0 Å². The van der Waals surface area contributed by atoms with Crippen molar-refractivity contribution in [3.63, 3.8) is 0 Å². The summed E-state index contributed by atoms with van der Waals surface area (Å²) in [7, 11) is 3.51. The Kier molecular flexibility index (Phi) is 7.89. The number of methoxy groups -OCH3 is 1. The van der Waals surface area contributed by atoms with Crippen LogP contribution in [0.2, 0.25) is 0 Å². The van der Waals surface area contributed by atoms with Crippen LogP contribution in [0.5, 0.6) is 5.75 Å².